The van der Waals surface area contributed by atoms with Crippen LogP contribution in [0, 0.1) is 0 Å². The van der Waals surface area contributed by atoms with E-state index in [1.165, 1.54) is 24.2 Å². The van der Waals surface area contributed by atoms with Gasteiger partial charge in [0.15, 0.2) is 0 Å². The lowest BCUT2D eigenvalue weighted by atomic mass is 10.2. The number of rotatable bonds is 4. The van der Waals surface area contributed by atoms with Crippen molar-refractivity contribution in [2.75, 3.05) is 26.2 Å². The maximum Gasteiger partial charge on any atom is 0.259 e. The van der Waals surface area contributed by atoms with Gasteiger partial charge in [0, 0.05) is 20.1 Å². The number of nitrogens with zero attached hydrogens (tertiary/aromatic N) is 3. The smallest absolute Gasteiger partial charge is 0.259 e. The largest absolute Gasteiger partial charge is 0.351 e. The number of thiophene rings is 1. The highest BCUT2D eigenvalue weighted by Gasteiger charge is 2.24. The van der Waals surface area contributed by atoms with Crippen LogP contribution < -0.4 is 10.7 Å². The topological polar surface area (TPSA) is 58.8 Å². The number of imidazole rings is 1. The second-order valence-corrected chi connectivity index (χ2v) is 8.25. The number of amides is 1. The molecule has 0 atom stereocenters. The van der Waals surface area contributed by atoms with Crippen molar-refractivity contribution in [2.24, 2.45) is 7.05 Å². The van der Waals surface area contributed by atoms with Crippen LogP contribution in [0.25, 0.3) is 26.9 Å². The minimum absolute atomic E-state index is 0.194. The number of benzene rings is 1. The van der Waals surface area contributed by atoms with E-state index in [2.05, 4.69) is 10.2 Å². The van der Waals surface area contributed by atoms with Gasteiger partial charge in [0.2, 0.25) is 5.43 Å². The fourth-order valence-electron chi connectivity index (χ4n) is 4.31. The molecule has 1 aliphatic rings. The van der Waals surface area contributed by atoms with E-state index in [1.54, 1.807) is 0 Å². The molecule has 5 rings (SSSR count). The highest BCUT2D eigenvalue weighted by Crippen LogP contribution is 2.28. The molecule has 0 unspecified atom stereocenters. The molecule has 3 aromatic heterocycles. The quantitative estimate of drug-likeness (QED) is 0.579. The summed E-state index contributed by atoms with van der Waals surface area (Å²) >= 11 is 1.53. The van der Waals surface area contributed by atoms with E-state index in [0.29, 0.717) is 17.6 Å². The second kappa shape index (κ2) is 6.76. The molecule has 0 saturated carbocycles. The number of likely N-dealkylation sites (tertiary alicyclic amines) is 1. The van der Waals surface area contributed by atoms with Gasteiger partial charge in [-0.05, 0) is 49.5 Å². The van der Waals surface area contributed by atoms with Crippen LogP contribution >= 0.6 is 11.3 Å². The molecular weight excluding hydrogens is 372 g/mol. The van der Waals surface area contributed by atoms with E-state index in [9.17, 15) is 9.59 Å². The minimum Gasteiger partial charge on any atom is -0.351 e. The summed E-state index contributed by atoms with van der Waals surface area (Å²) in [4.78, 5) is 29.5. The minimum atomic E-state index is -0.291. The Labute approximate surface area is 166 Å². The van der Waals surface area contributed by atoms with Crippen LogP contribution in [-0.2, 0) is 7.05 Å². The van der Waals surface area contributed by atoms with Gasteiger partial charge in [-0.25, -0.2) is 0 Å². The van der Waals surface area contributed by atoms with E-state index in [1.807, 2.05) is 51.7 Å². The summed E-state index contributed by atoms with van der Waals surface area (Å²) in [5.41, 5.74) is 2.68. The van der Waals surface area contributed by atoms with Gasteiger partial charge in [-0.2, -0.15) is 0 Å². The Morgan fingerprint density at radius 2 is 1.89 bits per heavy atom. The number of carbonyl (C=O) groups is 1. The fraction of sp³-hybridized carbons (Fsp3) is 0.333. The molecule has 1 amide bonds. The molecule has 1 saturated heterocycles. The van der Waals surface area contributed by atoms with Gasteiger partial charge < -0.3 is 14.8 Å². The lowest BCUT2D eigenvalue weighted by Gasteiger charge is -2.15. The molecule has 4 aromatic rings. The summed E-state index contributed by atoms with van der Waals surface area (Å²) < 4.78 is 4.00. The number of hydrogen-bond donors (Lipinski definition) is 1. The van der Waals surface area contributed by atoms with E-state index in [0.717, 1.165) is 35.5 Å². The van der Waals surface area contributed by atoms with E-state index in [-0.39, 0.29) is 16.9 Å². The SMILES string of the molecule is Cn1c2ccccc2n2c3sccc3c(=O)c(C(=O)NCCN3CCCC3)c12. The third-order valence-corrected chi connectivity index (χ3v) is 6.59. The van der Waals surface area contributed by atoms with Crippen molar-refractivity contribution in [2.45, 2.75) is 12.8 Å². The molecule has 144 valence electrons. The third-order valence-electron chi connectivity index (χ3n) is 5.70. The number of fused-ring (bicyclic) bond motifs is 5. The first-order valence-electron chi connectivity index (χ1n) is 9.66. The van der Waals surface area contributed by atoms with Crippen LogP contribution in [0.15, 0.2) is 40.5 Å². The van der Waals surface area contributed by atoms with E-state index in [4.69, 9.17) is 0 Å². The molecular formula is C21H22N4O2S. The van der Waals surface area contributed by atoms with Crippen molar-refractivity contribution in [1.29, 1.82) is 0 Å². The van der Waals surface area contributed by atoms with Crippen molar-refractivity contribution >= 4 is 44.1 Å². The molecule has 1 aromatic carbocycles. The lowest BCUT2D eigenvalue weighted by molar-refractivity contribution is 0.0950. The Kier molecular flexibility index (Phi) is 4.21. The Morgan fingerprint density at radius 1 is 1.14 bits per heavy atom. The van der Waals surface area contributed by atoms with Crippen LogP contribution in [-0.4, -0.2) is 46.0 Å². The summed E-state index contributed by atoms with van der Waals surface area (Å²) in [6.07, 6.45) is 2.45. The van der Waals surface area contributed by atoms with Crippen molar-refractivity contribution in [1.82, 2.24) is 19.2 Å². The average Bonchev–Trinajstić information content (AvgIpc) is 3.43. The standard InChI is InChI=1S/C21H22N4O2S/c1-23-15-6-2-3-7-16(15)25-20(23)17(18(26)14-8-13-28-21(14)25)19(27)22-9-12-24-10-4-5-11-24/h2-3,6-8,13H,4-5,9-12H2,1H3,(H,22,27). The van der Waals surface area contributed by atoms with Crippen LogP contribution in [0.5, 0.6) is 0 Å². The predicted molar refractivity (Wildman–Crippen MR) is 114 cm³/mol. The normalized spacial score (nSPS) is 15.2. The summed E-state index contributed by atoms with van der Waals surface area (Å²) in [7, 11) is 1.91. The first-order chi connectivity index (χ1) is 13.7. The zero-order valence-electron chi connectivity index (χ0n) is 15.8. The predicted octanol–water partition coefficient (Wildman–Crippen LogP) is 2.83. The number of nitrogens with one attached hydrogen (secondary N) is 1. The number of para-hydroxylation sites is 2. The molecule has 0 radical (unpaired) electrons. The van der Waals surface area contributed by atoms with Crippen LogP contribution in [0.4, 0.5) is 0 Å². The summed E-state index contributed by atoms with van der Waals surface area (Å²) in [5.74, 6) is -0.291. The fourth-order valence-corrected chi connectivity index (χ4v) is 5.22. The average molecular weight is 395 g/mol. The molecule has 6 nitrogen and oxygen atoms in total. The van der Waals surface area contributed by atoms with E-state index >= 15 is 0 Å². The number of carbonyl (C=O) groups excluding carboxylic acids is 1. The number of aryl methyl sites for hydroxylation is 1. The van der Waals surface area contributed by atoms with Crippen LogP contribution in [0.3, 0.4) is 0 Å². The van der Waals surface area contributed by atoms with Crippen LogP contribution in [0.1, 0.15) is 23.2 Å². The lowest BCUT2D eigenvalue weighted by Crippen LogP contribution is -2.36. The summed E-state index contributed by atoms with van der Waals surface area (Å²) in [5, 5.41) is 5.50. The van der Waals surface area contributed by atoms with Gasteiger partial charge in [0.25, 0.3) is 5.91 Å². The van der Waals surface area contributed by atoms with Crippen molar-refractivity contribution < 1.29 is 4.79 Å². The summed E-state index contributed by atoms with van der Waals surface area (Å²) in [6.45, 7) is 3.56. The maximum absolute atomic E-state index is 13.2. The van der Waals surface area contributed by atoms with Crippen LogP contribution in [0.2, 0.25) is 0 Å². The molecule has 0 bridgehead atoms. The van der Waals surface area contributed by atoms with Gasteiger partial charge in [-0.15, -0.1) is 11.3 Å². The summed E-state index contributed by atoms with van der Waals surface area (Å²) in [6, 6.07) is 9.82. The maximum atomic E-state index is 13.2. The first-order valence-corrected chi connectivity index (χ1v) is 10.5. The Bertz CT molecular complexity index is 1260. The van der Waals surface area contributed by atoms with Gasteiger partial charge in [0.05, 0.1) is 16.4 Å². The molecule has 1 fully saturated rings. The Balaban J connectivity index is 1.65. The highest BCUT2D eigenvalue weighted by molar-refractivity contribution is 7.16. The van der Waals surface area contributed by atoms with Gasteiger partial charge in [-0.1, -0.05) is 12.1 Å². The molecule has 0 spiro atoms. The monoisotopic (exact) mass is 394 g/mol. The van der Waals surface area contributed by atoms with Crippen molar-refractivity contribution in [3.8, 4) is 0 Å². The van der Waals surface area contributed by atoms with Gasteiger partial charge >= 0.3 is 0 Å². The molecule has 0 aliphatic carbocycles. The molecule has 28 heavy (non-hydrogen) atoms. The molecule has 4 heterocycles. The third kappa shape index (κ3) is 2.57. The molecule has 1 N–H and O–H groups in total. The molecule has 1 aliphatic heterocycles. The molecule has 7 heteroatoms. The second-order valence-electron chi connectivity index (χ2n) is 7.35. The zero-order chi connectivity index (χ0) is 19.3. The number of pyridine rings is 1. The number of aromatic nitrogens is 2. The highest BCUT2D eigenvalue weighted by atomic mass is 32.1. The Hall–Kier alpha value is -2.64. The van der Waals surface area contributed by atoms with Gasteiger partial charge in [0.1, 0.15) is 16.0 Å². The first kappa shape index (κ1) is 17.5. The van der Waals surface area contributed by atoms with Gasteiger partial charge in [-0.3, -0.25) is 14.0 Å². The zero-order valence-corrected chi connectivity index (χ0v) is 16.6. The van der Waals surface area contributed by atoms with Crippen molar-refractivity contribution in [3.63, 3.8) is 0 Å². The Morgan fingerprint density at radius 3 is 2.68 bits per heavy atom. The van der Waals surface area contributed by atoms with Crippen molar-refractivity contribution in [3.05, 3.63) is 51.5 Å². The number of hydrogen-bond acceptors (Lipinski definition) is 4. The van der Waals surface area contributed by atoms with E-state index < -0.39 is 0 Å².